The molecule has 1 aromatic carbocycles. The summed E-state index contributed by atoms with van der Waals surface area (Å²) in [5.74, 6) is 1.41. The first-order valence-electron chi connectivity index (χ1n) is 6.79. The predicted octanol–water partition coefficient (Wildman–Crippen LogP) is 1.97. The van der Waals surface area contributed by atoms with Crippen LogP contribution in [0, 0.1) is 0 Å². The zero-order valence-corrected chi connectivity index (χ0v) is 11.8. The summed E-state index contributed by atoms with van der Waals surface area (Å²) in [6, 6.07) is 6.20. The summed E-state index contributed by atoms with van der Waals surface area (Å²) < 4.78 is 5.39. The van der Waals surface area contributed by atoms with Crippen LogP contribution in [-0.2, 0) is 4.79 Å². The molecule has 0 spiro atoms. The molecular formula is C15H22N2O2. The Hall–Kier alpha value is -1.55. The van der Waals surface area contributed by atoms with Gasteiger partial charge in [0.2, 0.25) is 5.91 Å². The zero-order chi connectivity index (χ0) is 13.8. The predicted molar refractivity (Wildman–Crippen MR) is 75.5 cm³/mol. The summed E-state index contributed by atoms with van der Waals surface area (Å²) in [6.45, 7) is 5.81. The SMILES string of the molecule is COc1ccc(C2CNCCC(=O)N2)cc1C(C)C. The van der Waals surface area contributed by atoms with Crippen LogP contribution in [0.1, 0.15) is 43.4 Å². The number of hydrogen-bond acceptors (Lipinski definition) is 3. The van der Waals surface area contributed by atoms with Gasteiger partial charge >= 0.3 is 0 Å². The molecule has 1 amide bonds. The van der Waals surface area contributed by atoms with Crippen molar-refractivity contribution >= 4 is 5.91 Å². The number of ether oxygens (including phenoxy) is 1. The fourth-order valence-corrected chi connectivity index (χ4v) is 2.39. The lowest BCUT2D eigenvalue weighted by Crippen LogP contribution is -2.30. The fourth-order valence-electron chi connectivity index (χ4n) is 2.39. The Bertz CT molecular complexity index is 457. The van der Waals surface area contributed by atoms with E-state index in [9.17, 15) is 4.79 Å². The van der Waals surface area contributed by atoms with Gasteiger partial charge in [0, 0.05) is 19.5 Å². The maximum absolute atomic E-state index is 11.6. The van der Waals surface area contributed by atoms with E-state index in [0.29, 0.717) is 12.3 Å². The number of carbonyl (C=O) groups is 1. The molecule has 19 heavy (non-hydrogen) atoms. The first kappa shape index (κ1) is 13.9. The third kappa shape index (κ3) is 3.26. The van der Waals surface area contributed by atoms with Crippen LogP contribution in [0.2, 0.25) is 0 Å². The number of carbonyl (C=O) groups excluding carboxylic acids is 1. The molecule has 1 saturated heterocycles. The minimum absolute atomic E-state index is 0.0402. The molecule has 1 aliphatic heterocycles. The van der Waals surface area contributed by atoms with Crippen molar-refractivity contribution in [2.45, 2.75) is 32.2 Å². The van der Waals surface area contributed by atoms with Gasteiger partial charge in [-0.3, -0.25) is 4.79 Å². The molecule has 1 atom stereocenters. The van der Waals surface area contributed by atoms with Gasteiger partial charge in [-0.05, 0) is 29.2 Å². The third-order valence-corrected chi connectivity index (χ3v) is 3.49. The molecule has 2 rings (SSSR count). The summed E-state index contributed by atoms with van der Waals surface area (Å²) in [4.78, 5) is 11.6. The lowest BCUT2D eigenvalue weighted by Gasteiger charge is -2.19. The Morgan fingerprint density at radius 1 is 1.37 bits per heavy atom. The van der Waals surface area contributed by atoms with E-state index in [-0.39, 0.29) is 11.9 Å². The van der Waals surface area contributed by atoms with Crippen LogP contribution in [0.25, 0.3) is 0 Å². The van der Waals surface area contributed by atoms with E-state index in [4.69, 9.17) is 4.74 Å². The van der Waals surface area contributed by atoms with E-state index in [1.807, 2.05) is 12.1 Å². The van der Waals surface area contributed by atoms with Gasteiger partial charge < -0.3 is 15.4 Å². The number of nitrogens with one attached hydrogen (secondary N) is 2. The van der Waals surface area contributed by atoms with Gasteiger partial charge in [-0.2, -0.15) is 0 Å². The van der Waals surface area contributed by atoms with Gasteiger partial charge in [-0.15, -0.1) is 0 Å². The van der Waals surface area contributed by atoms with E-state index in [1.165, 1.54) is 5.56 Å². The highest BCUT2D eigenvalue weighted by Gasteiger charge is 2.19. The van der Waals surface area contributed by atoms with Crippen molar-refractivity contribution in [1.82, 2.24) is 10.6 Å². The van der Waals surface area contributed by atoms with Crippen LogP contribution in [0.5, 0.6) is 5.75 Å². The maximum atomic E-state index is 11.6. The second kappa shape index (κ2) is 6.06. The standard InChI is InChI=1S/C15H22N2O2/c1-10(2)12-8-11(4-5-14(12)19-3)13-9-16-7-6-15(18)17-13/h4-5,8,10,13,16H,6-7,9H2,1-3H3,(H,17,18). The molecule has 1 aliphatic rings. The number of methoxy groups -OCH3 is 1. The Balaban J connectivity index is 2.28. The van der Waals surface area contributed by atoms with E-state index >= 15 is 0 Å². The maximum Gasteiger partial charge on any atom is 0.221 e. The van der Waals surface area contributed by atoms with E-state index in [0.717, 1.165) is 24.4 Å². The highest BCUT2D eigenvalue weighted by molar-refractivity contribution is 5.77. The molecule has 0 radical (unpaired) electrons. The quantitative estimate of drug-likeness (QED) is 0.875. The van der Waals surface area contributed by atoms with E-state index < -0.39 is 0 Å². The zero-order valence-electron chi connectivity index (χ0n) is 11.8. The number of hydrogen-bond donors (Lipinski definition) is 2. The van der Waals surface area contributed by atoms with Crippen molar-refractivity contribution in [2.75, 3.05) is 20.2 Å². The van der Waals surface area contributed by atoms with Gasteiger partial charge in [0.15, 0.2) is 0 Å². The monoisotopic (exact) mass is 262 g/mol. The molecule has 0 bridgehead atoms. The van der Waals surface area contributed by atoms with Crippen LogP contribution in [0.3, 0.4) is 0 Å². The number of benzene rings is 1. The normalized spacial score (nSPS) is 20.0. The molecule has 1 aromatic rings. The van der Waals surface area contributed by atoms with Gasteiger partial charge in [0.05, 0.1) is 13.2 Å². The largest absolute Gasteiger partial charge is 0.496 e. The fraction of sp³-hybridized carbons (Fsp3) is 0.533. The molecule has 4 nitrogen and oxygen atoms in total. The Kier molecular flexibility index (Phi) is 4.43. The van der Waals surface area contributed by atoms with Crippen LogP contribution in [-0.4, -0.2) is 26.1 Å². The van der Waals surface area contributed by atoms with Crippen molar-refractivity contribution in [3.05, 3.63) is 29.3 Å². The molecule has 2 N–H and O–H groups in total. The topological polar surface area (TPSA) is 50.4 Å². The Morgan fingerprint density at radius 2 is 2.16 bits per heavy atom. The minimum Gasteiger partial charge on any atom is -0.496 e. The molecular weight excluding hydrogens is 240 g/mol. The van der Waals surface area contributed by atoms with Gasteiger partial charge in [-0.1, -0.05) is 19.9 Å². The molecule has 0 aromatic heterocycles. The average molecular weight is 262 g/mol. The summed E-state index contributed by atoms with van der Waals surface area (Å²) in [5, 5.41) is 6.35. The van der Waals surface area contributed by atoms with Gasteiger partial charge in [-0.25, -0.2) is 0 Å². The van der Waals surface area contributed by atoms with E-state index in [1.54, 1.807) is 7.11 Å². The Morgan fingerprint density at radius 3 is 2.84 bits per heavy atom. The molecule has 1 heterocycles. The molecule has 0 saturated carbocycles. The lowest BCUT2D eigenvalue weighted by molar-refractivity contribution is -0.121. The third-order valence-electron chi connectivity index (χ3n) is 3.49. The second-order valence-corrected chi connectivity index (χ2v) is 5.23. The molecule has 1 fully saturated rings. The van der Waals surface area contributed by atoms with E-state index in [2.05, 4.69) is 30.5 Å². The van der Waals surface area contributed by atoms with Crippen molar-refractivity contribution < 1.29 is 9.53 Å². The molecule has 1 unspecified atom stereocenters. The number of rotatable bonds is 3. The minimum atomic E-state index is 0.0402. The van der Waals surface area contributed by atoms with Crippen LogP contribution in [0.4, 0.5) is 0 Å². The van der Waals surface area contributed by atoms with Gasteiger partial charge in [0.1, 0.15) is 5.75 Å². The first-order valence-corrected chi connectivity index (χ1v) is 6.79. The average Bonchev–Trinajstić information content (AvgIpc) is 2.62. The summed E-state index contributed by atoms with van der Waals surface area (Å²) >= 11 is 0. The second-order valence-electron chi connectivity index (χ2n) is 5.23. The summed E-state index contributed by atoms with van der Waals surface area (Å²) in [6.07, 6.45) is 0.545. The molecule has 4 heteroatoms. The van der Waals surface area contributed by atoms with Crippen LogP contribution < -0.4 is 15.4 Å². The van der Waals surface area contributed by atoms with Crippen molar-refractivity contribution in [3.63, 3.8) is 0 Å². The van der Waals surface area contributed by atoms with Crippen LogP contribution >= 0.6 is 0 Å². The summed E-state index contributed by atoms with van der Waals surface area (Å²) in [7, 11) is 1.69. The Labute approximate surface area is 114 Å². The smallest absolute Gasteiger partial charge is 0.221 e. The highest BCUT2D eigenvalue weighted by Crippen LogP contribution is 2.29. The number of amides is 1. The van der Waals surface area contributed by atoms with Gasteiger partial charge in [0.25, 0.3) is 0 Å². The molecule has 0 aliphatic carbocycles. The molecule has 104 valence electrons. The van der Waals surface area contributed by atoms with Crippen molar-refractivity contribution in [1.29, 1.82) is 0 Å². The highest BCUT2D eigenvalue weighted by atomic mass is 16.5. The van der Waals surface area contributed by atoms with Crippen molar-refractivity contribution in [2.24, 2.45) is 0 Å². The first-order chi connectivity index (χ1) is 9.11. The van der Waals surface area contributed by atoms with Crippen molar-refractivity contribution in [3.8, 4) is 5.75 Å². The van der Waals surface area contributed by atoms with Crippen LogP contribution in [0.15, 0.2) is 18.2 Å². The lowest BCUT2D eigenvalue weighted by atomic mass is 9.96. The summed E-state index contributed by atoms with van der Waals surface area (Å²) in [5.41, 5.74) is 2.31.